The van der Waals surface area contributed by atoms with E-state index in [2.05, 4.69) is 21.2 Å². The van der Waals surface area contributed by atoms with Crippen molar-refractivity contribution in [2.24, 2.45) is 0 Å². The van der Waals surface area contributed by atoms with Crippen LogP contribution in [-0.2, 0) is 42.2 Å². The van der Waals surface area contributed by atoms with Gasteiger partial charge in [-0.3, -0.25) is 15.1 Å². The number of carbonyl (C=O) groups excluding carboxylic acids is 4. The van der Waals surface area contributed by atoms with Gasteiger partial charge in [0.25, 0.3) is 0 Å². The zero-order chi connectivity index (χ0) is 55.5. The van der Waals surface area contributed by atoms with Crippen LogP contribution in [0.1, 0.15) is 93.7 Å². The maximum absolute atomic E-state index is 15.4. The maximum atomic E-state index is 15.4. The smallest absolute Gasteiger partial charge is 0.493 e. The van der Waals surface area contributed by atoms with E-state index >= 15 is 4.79 Å². The van der Waals surface area contributed by atoms with Gasteiger partial charge in [0.1, 0.15) is 24.0 Å². The lowest BCUT2D eigenvalue weighted by Gasteiger charge is -2.62. The van der Waals surface area contributed by atoms with Gasteiger partial charge in [-0.2, -0.15) is 5.26 Å². The van der Waals surface area contributed by atoms with E-state index in [9.17, 15) is 19.6 Å². The first-order valence-corrected chi connectivity index (χ1v) is 27.2. The van der Waals surface area contributed by atoms with Gasteiger partial charge in [0.05, 0.1) is 37.6 Å². The van der Waals surface area contributed by atoms with Gasteiger partial charge in [-0.15, -0.1) is 11.8 Å². The van der Waals surface area contributed by atoms with Crippen LogP contribution in [0.5, 0.6) is 40.2 Å². The summed E-state index contributed by atoms with van der Waals surface area (Å²) in [4.78, 5) is 61.4. The third-order valence-electron chi connectivity index (χ3n) is 15.6. The molecule has 0 aliphatic carbocycles. The van der Waals surface area contributed by atoms with Crippen LogP contribution in [-0.4, -0.2) is 105 Å². The summed E-state index contributed by atoms with van der Waals surface area (Å²) in [6, 6.07) is 23.5. The number of hydrogen-bond acceptors (Lipinski definition) is 18. The highest BCUT2D eigenvalue weighted by Gasteiger charge is 2.62. The van der Waals surface area contributed by atoms with Crippen molar-refractivity contribution in [2.45, 2.75) is 94.1 Å². The molecule has 1 spiro atoms. The molecule has 2 fully saturated rings. The quantitative estimate of drug-likeness (QED) is 0.0635. The average Bonchev–Trinajstić information content (AvgIpc) is 4.10. The lowest BCUT2D eigenvalue weighted by molar-refractivity contribution is -0.157. The van der Waals surface area contributed by atoms with E-state index in [4.69, 9.17) is 42.6 Å². The first-order chi connectivity index (χ1) is 38.0. The van der Waals surface area contributed by atoms with Gasteiger partial charge in [-0.1, -0.05) is 66.7 Å². The Kier molecular flexibility index (Phi) is 14.2. The van der Waals surface area contributed by atoms with E-state index < -0.39 is 70.7 Å². The highest BCUT2D eigenvalue weighted by molar-refractivity contribution is 7.99. The fourth-order valence-corrected chi connectivity index (χ4v) is 14.0. The van der Waals surface area contributed by atoms with Gasteiger partial charge in [0, 0.05) is 58.8 Å². The molecular weight excluding hydrogens is 1030 g/mol. The number of likely N-dealkylation sites (N-methyl/N-ethyl adjacent to an activating group) is 1. The Morgan fingerprint density at radius 1 is 0.810 bits per heavy atom. The van der Waals surface area contributed by atoms with Crippen molar-refractivity contribution in [1.29, 1.82) is 5.26 Å². The summed E-state index contributed by atoms with van der Waals surface area (Å²) in [6.45, 7) is 8.84. The molecule has 7 heterocycles. The molecule has 408 valence electrons. The van der Waals surface area contributed by atoms with Crippen LogP contribution in [0.4, 0.5) is 4.79 Å². The minimum Gasteiger partial charge on any atom is -0.493 e. The summed E-state index contributed by atoms with van der Waals surface area (Å²) < 4.78 is 55.6. The van der Waals surface area contributed by atoms with Crippen molar-refractivity contribution in [3.63, 3.8) is 0 Å². The number of methoxy groups -OCH3 is 2. The zero-order valence-electron chi connectivity index (χ0n) is 45.1. The zero-order valence-corrected chi connectivity index (χ0v) is 45.9. The highest BCUT2D eigenvalue weighted by Crippen LogP contribution is 2.65. The molecule has 2 saturated heterocycles. The normalized spacial score (nSPS) is 23.9. The Morgan fingerprint density at radius 2 is 1.48 bits per heavy atom. The van der Waals surface area contributed by atoms with Crippen LogP contribution in [0.15, 0.2) is 91.0 Å². The first kappa shape index (κ1) is 53.2. The van der Waals surface area contributed by atoms with Crippen molar-refractivity contribution in [2.75, 3.05) is 47.0 Å². The number of esters is 3. The van der Waals surface area contributed by atoms with E-state index in [1.165, 1.54) is 31.0 Å². The number of piperazine rings is 1. The Balaban J connectivity index is 1.12. The molecule has 0 aromatic heterocycles. The Hall–Kier alpha value is -7.82. The highest BCUT2D eigenvalue weighted by atomic mass is 32.2. The monoisotopic (exact) mass is 1090 g/mol. The fraction of sp³-hybridized carbons (Fsp3) is 0.361. The van der Waals surface area contributed by atoms with Crippen molar-refractivity contribution < 1.29 is 61.8 Å². The number of rotatable bonds is 9. The van der Waals surface area contributed by atoms with Crippen molar-refractivity contribution in [1.82, 2.24) is 15.1 Å². The number of hydrogen-bond donors (Lipinski definition) is 1. The first-order valence-electron chi connectivity index (χ1n) is 26.1. The molecule has 0 saturated carbocycles. The van der Waals surface area contributed by atoms with Crippen molar-refractivity contribution in [3.05, 3.63) is 147 Å². The molecule has 4 bridgehead atoms. The molecule has 79 heavy (non-hydrogen) atoms. The number of nitrogens with one attached hydrogen (secondary N) is 1. The summed E-state index contributed by atoms with van der Waals surface area (Å²) in [5.41, 5.74) is 4.48. The number of benzene rings is 5. The minimum atomic E-state index is -1.53. The lowest BCUT2D eigenvalue weighted by atomic mass is 9.71. The number of nitriles is 1. The molecule has 0 radical (unpaired) electrons. The molecule has 7 atom stereocenters. The second-order valence-electron chi connectivity index (χ2n) is 21.4. The number of ether oxygens (including phenoxy) is 9. The predicted molar refractivity (Wildman–Crippen MR) is 292 cm³/mol. The fourth-order valence-electron chi connectivity index (χ4n) is 12.3. The van der Waals surface area contributed by atoms with E-state index in [0.29, 0.717) is 70.0 Å². The Labute approximate surface area is 462 Å². The molecule has 0 amide bonds. The number of fused-ring (bicyclic) bond motifs is 9. The third-order valence-corrected chi connectivity index (χ3v) is 17.0. The van der Waals surface area contributed by atoms with Gasteiger partial charge in [-0.05, 0) is 112 Å². The summed E-state index contributed by atoms with van der Waals surface area (Å²) in [6.07, 6.45) is 6.06. The van der Waals surface area contributed by atoms with E-state index in [1.807, 2.05) is 87.6 Å². The van der Waals surface area contributed by atoms with Crippen molar-refractivity contribution in [3.8, 4) is 46.3 Å². The van der Waals surface area contributed by atoms with E-state index in [-0.39, 0.29) is 42.2 Å². The van der Waals surface area contributed by atoms with Crippen LogP contribution in [0.2, 0.25) is 0 Å². The Bertz CT molecular complexity index is 3390. The lowest BCUT2D eigenvalue weighted by Crippen LogP contribution is -2.69. The molecule has 7 aliphatic heterocycles. The SMILES string of the molecule is COc1cc2c(cc1OC(=O)OC(C)(C)C)CCN[C@]21CS[C@@H]2c3c(OC(=O)/C=C/c4ccccc4)c(C)c4c(c3[C@H](COC1=O)N1C2[C@@H]2c3c(cc(C)c(OC)c3OC(=O)/C=C/c3ccccc3)C[C@H]([C@@H]1C#N)N2C)OCO4. The van der Waals surface area contributed by atoms with Gasteiger partial charge >= 0.3 is 24.1 Å². The largest absolute Gasteiger partial charge is 0.514 e. The number of aryl methyl sites for hydroxylation is 1. The minimum absolute atomic E-state index is 0.0233. The van der Waals surface area contributed by atoms with Gasteiger partial charge < -0.3 is 42.6 Å². The second kappa shape index (κ2) is 21.1. The van der Waals surface area contributed by atoms with Crippen molar-refractivity contribution >= 4 is 48.0 Å². The molecule has 7 aliphatic rings. The van der Waals surface area contributed by atoms with Crippen LogP contribution >= 0.6 is 11.8 Å². The third kappa shape index (κ3) is 9.51. The maximum Gasteiger partial charge on any atom is 0.514 e. The van der Waals surface area contributed by atoms with Crippen LogP contribution in [0.25, 0.3) is 12.2 Å². The Morgan fingerprint density at radius 3 is 2.13 bits per heavy atom. The molecular formula is C61H60N4O13S. The van der Waals surface area contributed by atoms with Crippen LogP contribution in [0, 0.1) is 25.2 Å². The topological polar surface area (TPSA) is 194 Å². The molecule has 5 aromatic rings. The molecule has 1 N–H and O–H groups in total. The summed E-state index contributed by atoms with van der Waals surface area (Å²) >= 11 is 1.43. The molecule has 5 aromatic carbocycles. The average molecular weight is 1090 g/mol. The number of thioether (sulfide) groups is 1. The van der Waals surface area contributed by atoms with E-state index in [0.717, 1.165) is 22.3 Å². The molecule has 1 unspecified atom stereocenters. The standard InChI is InChI=1S/C61H60N4O13S/c1-33-25-38-26-40-41(29-62)65-42-30-72-58(68)61(39-28-43(70-7)44(27-37(39)23-24-63-61)75-59(69)78-60(3,4)5)31-79-57(49-48(42)55-54(73-32-74-55)34(2)53(49)76-45(66)21-19-35-15-11-9-12-16-35)51(65)50(64(40)6)47(38)56(52(33)71-8)77-46(67)22-20-36-17-13-10-14-18-36/h9-22,25,27-28,40-42,50-51,57,63H,23-24,26,30-32H2,1-8H3/b21-19+,22-20+/t40-,41+,42+,50+,51?,57-,61-/m1/s1. The number of nitrogens with zero attached hydrogens (tertiary/aromatic N) is 3. The van der Waals surface area contributed by atoms with Gasteiger partial charge in [0.15, 0.2) is 40.0 Å². The number of carbonyl (C=O) groups is 4. The summed E-state index contributed by atoms with van der Waals surface area (Å²) in [7, 11) is 4.97. The van der Waals surface area contributed by atoms with Gasteiger partial charge in [-0.25, -0.2) is 19.2 Å². The van der Waals surface area contributed by atoms with E-state index in [1.54, 1.807) is 52.2 Å². The second-order valence-corrected chi connectivity index (χ2v) is 22.5. The molecule has 17 nitrogen and oxygen atoms in total. The summed E-state index contributed by atoms with van der Waals surface area (Å²) in [5.74, 6) is 0.0813. The molecule has 12 rings (SSSR count). The van der Waals surface area contributed by atoms with Gasteiger partial charge in [0.2, 0.25) is 6.79 Å². The predicted octanol–water partition coefficient (Wildman–Crippen LogP) is 9.20. The molecule has 18 heteroatoms. The summed E-state index contributed by atoms with van der Waals surface area (Å²) in [5, 5.41) is 14.4. The van der Waals surface area contributed by atoms with Crippen LogP contribution < -0.4 is 38.5 Å². The van der Waals surface area contributed by atoms with Crippen LogP contribution in [0.3, 0.4) is 0 Å².